The number of hydrogen-bond donors (Lipinski definition) is 0. The van der Waals surface area contributed by atoms with Gasteiger partial charge in [0.25, 0.3) is 0 Å². The summed E-state index contributed by atoms with van der Waals surface area (Å²) in [4.78, 5) is 4.25. The first kappa shape index (κ1) is 9.68. The van der Waals surface area contributed by atoms with Gasteiger partial charge in [0, 0.05) is 11.8 Å². The largest absolute Gasteiger partial charge is 0.248 e. The maximum Gasteiger partial charge on any atom is 0.0939 e. The van der Waals surface area contributed by atoms with E-state index in [9.17, 15) is 0 Å². The molecule has 4 heteroatoms. The van der Waals surface area contributed by atoms with Gasteiger partial charge in [0.1, 0.15) is 0 Å². The summed E-state index contributed by atoms with van der Waals surface area (Å²) in [5.41, 5.74) is 0. The smallest absolute Gasteiger partial charge is 0.0939 e. The van der Waals surface area contributed by atoms with Crippen LogP contribution in [0.3, 0.4) is 0 Å². The summed E-state index contributed by atoms with van der Waals surface area (Å²) in [6, 6.07) is 0. The van der Waals surface area contributed by atoms with Crippen LogP contribution in [-0.4, -0.2) is 10.3 Å². The molecule has 0 saturated carbocycles. The Morgan fingerprint density at radius 2 is 2.45 bits per heavy atom. The zero-order chi connectivity index (χ0) is 8.27. The molecule has 0 aliphatic rings. The van der Waals surface area contributed by atoms with Crippen LogP contribution in [0.2, 0.25) is 0 Å². The first-order valence-electron chi connectivity index (χ1n) is 3.38. The van der Waals surface area contributed by atoms with Crippen LogP contribution in [-0.2, 0) is 6.42 Å². The third kappa shape index (κ3) is 3.22. The van der Waals surface area contributed by atoms with E-state index in [2.05, 4.69) is 43.8 Å². The maximum atomic E-state index is 4.25. The highest BCUT2D eigenvalue weighted by Gasteiger charge is 2.04. The Kier molecular flexibility index (Phi) is 4.02. The number of rotatable bonds is 3. The first-order chi connectivity index (χ1) is 5.22. The Labute approximate surface area is 87.5 Å². The topological polar surface area (TPSA) is 12.9 Å². The van der Waals surface area contributed by atoms with Crippen LogP contribution in [0.25, 0.3) is 0 Å². The molecule has 0 saturated heterocycles. The minimum atomic E-state index is 0.674. The highest BCUT2D eigenvalue weighted by atomic mass is 79.9. The molecule has 0 aliphatic heterocycles. The van der Waals surface area contributed by atoms with E-state index in [0.29, 0.717) is 5.92 Å². The summed E-state index contributed by atoms with van der Waals surface area (Å²) in [6.45, 7) is 2.21. The molecule has 11 heavy (non-hydrogen) atoms. The van der Waals surface area contributed by atoms with Crippen molar-refractivity contribution < 1.29 is 0 Å². The lowest BCUT2D eigenvalue weighted by atomic mass is 10.1. The lowest BCUT2D eigenvalue weighted by Crippen LogP contribution is -1.99. The van der Waals surface area contributed by atoms with Gasteiger partial charge in [-0.3, -0.25) is 0 Å². The zero-order valence-corrected chi connectivity index (χ0v) is 10.2. The molecule has 0 radical (unpaired) electrons. The Bertz CT molecular complexity index is 224. The van der Waals surface area contributed by atoms with E-state index in [-0.39, 0.29) is 0 Å². The van der Waals surface area contributed by atoms with Gasteiger partial charge in [-0.25, -0.2) is 4.98 Å². The lowest BCUT2D eigenvalue weighted by molar-refractivity contribution is 0.660. The van der Waals surface area contributed by atoms with Crippen molar-refractivity contribution in [3.05, 3.63) is 15.0 Å². The van der Waals surface area contributed by atoms with E-state index in [0.717, 1.165) is 15.5 Å². The monoisotopic (exact) mass is 297 g/mol. The van der Waals surface area contributed by atoms with Crippen molar-refractivity contribution >= 4 is 43.2 Å². The zero-order valence-electron chi connectivity index (χ0n) is 6.18. The van der Waals surface area contributed by atoms with Crippen molar-refractivity contribution in [2.24, 2.45) is 5.92 Å². The van der Waals surface area contributed by atoms with E-state index in [1.165, 1.54) is 5.01 Å². The van der Waals surface area contributed by atoms with Gasteiger partial charge in [-0.2, -0.15) is 0 Å². The number of aromatic nitrogens is 1. The van der Waals surface area contributed by atoms with Crippen LogP contribution in [0.15, 0.2) is 9.98 Å². The fourth-order valence-electron chi connectivity index (χ4n) is 0.735. The molecule has 0 aromatic carbocycles. The molecule has 1 heterocycles. The predicted octanol–water partition coefficient (Wildman–Crippen LogP) is 3.48. The van der Waals surface area contributed by atoms with Gasteiger partial charge in [-0.05, 0) is 21.8 Å². The van der Waals surface area contributed by atoms with E-state index in [4.69, 9.17) is 0 Å². The SMILES string of the molecule is CC(CBr)Cc1ncc(Br)s1. The average molecular weight is 299 g/mol. The highest BCUT2D eigenvalue weighted by molar-refractivity contribution is 9.11. The van der Waals surface area contributed by atoms with Crippen molar-refractivity contribution in [3.63, 3.8) is 0 Å². The Hall–Kier alpha value is 0.590. The molecule has 0 amide bonds. The van der Waals surface area contributed by atoms with Crippen molar-refractivity contribution in [1.29, 1.82) is 0 Å². The molecule has 0 aliphatic carbocycles. The molecule has 1 unspecified atom stereocenters. The highest BCUT2D eigenvalue weighted by Crippen LogP contribution is 2.21. The standard InChI is InChI=1S/C7H9Br2NS/c1-5(3-8)2-7-10-4-6(9)11-7/h4-5H,2-3H2,1H3. The molecule has 62 valence electrons. The summed E-state index contributed by atoms with van der Waals surface area (Å²) in [5, 5.41) is 2.26. The second-order valence-corrected chi connectivity index (χ2v) is 5.66. The van der Waals surface area contributed by atoms with Crippen molar-refractivity contribution in [2.45, 2.75) is 13.3 Å². The Morgan fingerprint density at radius 1 is 1.73 bits per heavy atom. The first-order valence-corrected chi connectivity index (χ1v) is 6.11. The molecular formula is C7H9Br2NS. The summed E-state index contributed by atoms with van der Waals surface area (Å²) < 4.78 is 1.12. The van der Waals surface area contributed by atoms with Gasteiger partial charge in [-0.15, -0.1) is 11.3 Å². The molecule has 1 rings (SSSR count). The molecule has 1 nitrogen and oxygen atoms in total. The molecule has 1 atom stereocenters. The summed E-state index contributed by atoms with van der Waals surface area (Å²) in [7, 11) is 0. The molecule has 0 fully saturated rings. The third-order valence-electron chi connectivity index (χ3n) is 1.31. The molecular weight excluding hydrogens is 290 g/mol. The van der Waals surface area contributed by atoms with E-state index < -0.39 is 0 Å². The van der Waals surface area contributed by atoms with Crippen molar-refractivity contribution in [2.75, 3.05) is 5.33 Å². The molecule has 1 aromatic rings. The summed E-state index contributed by atoms with van der Waals surface area (Å²) in [5.74, 6) is 0.674. The maximum absolute atomic E-state index is 4.25. The van der Waals surface area contributed by atoms with Crippen LogP contribution in [0, 0.1) is 5.92 Å². The molecule has 1 aromatic heterocycles. The molecule has 0 spiro atoms. The second kappa shape index (κ2) is 4.58. The van der Waals surface area contributed by atoms with Gasteiger partial charge in [0.15, 0.2) is 0 Å². The lowest BCUT2D eigenvalue weighted by Gasteiger charge is -2.02. The minimum Gasteiger partial charge on any atom is -0.248 e. The number of nitrogens with zero attached hydrogens (tertiary/aromatic N) is 1. The van der Waals surface area contributed by atoms with Crippen LogP contribution in [0.4, 0.5) is 0 Å². The van der Waals surface area contributed by atoms with Gasteiger partial charge in [0.2, 0.25) is 0 Å². The second-order valence-electron chi connectivity index (χ2n) is 2.52. The van der Waals surface area contributed by atoms with Gasteiger partial charge in [-0.1, -0.05) is 22.9 Å². The average Bonchev–Trinajstić information content (AvgIpc) is 2.35. The normalized spacial score (nSPS) is 13.4. The summed E-state index contributed by atoms with van der Waals surface area (Å²) >= 11 is 8.55. The predicted molar refractivity (Wildman–Crippen MR) is 56.5 cm³/mol. The third-order valence-corrected chi connectivity index (χ3v) is 3.92. The van der Waals surface area contributed by atoms with E-state index in [1.807, 2.05) is 6.20 Å². The molecule has 0 bridgehead atoms. The van der Waals surface area contributed by atoms with E-state index >= 15 is 0 Å². The number of thiazole rings is 1. The van der Waals surface area contributed by atoms with E-state index in [1.54, 1.807) is 11.3 Å². The van der Waals surface area contributed by atoms with Crippen LogP contribution >= 0.6 is 43.2 Å². The quantitative estimate of drug-likeness (QED) is 0.779. The van der Waals surface area contributed by atoms with Crippen LogP contribution in [0.1, 0.15) is 11.9 Å². The Morgan fingerprint density at radius 3 is 2.91 bits per heavy atom. The van der Waals surface area contributed by atoms with Gasteiger partial charge >= 0.3 is 0 Å². The fraction of sp³-hybridized carbons (Fsp3) is 0.571. The Balaban J connectivity index is 2.50. The minimum absolute atomic E-state index is 0.674. The van der Waals surface area contributed by atoms with Crippen molar-refractivity contribution in [3.8, 4) is 0 Å². The van der Waals surface area contributed by atoms with Crippen molar-refractivity contribution in [1.82, 2.24) is 4.98 Å². The van der Waals surface area contributed by atoms with Crippen LogP contribution in [0.5, 0.6) is 0 Å². The number of alkyl halides is 1. The molecule has 0 N–H and O–H groups in total. The van der Waals surface area contributed by atoms with Crippen LogP contribution < -0.4 is 0 Å². The van der Waals surface area contributed by atoms with Gasteiger partial charge < -0.3 is 0 Å². The number of hydrogen-bond acceptors (Lipinski definition) is 2. The van der Waals surface area contributed by atoms with Gasteiger partial charge in [0.05, 0.1) is 15.0 Å². The number of halogens is 2. The fourth-order valence-corrected chi connectivity index (χ4v) is 2.43. The summed E-state index contributed by atoms with van der Waals surface area (Å²) in [6.07, 6.45) is 2.93.